The van der Waals surface area contributed by atoms with Gasteiger partial charge < -0.3 is 0 Å². The Bertz CT molecular complexity index is 566. The lowest BCUT2D eigenvalue weighted by Crippen LogP contribution is -2.20. The molecule has 0 heterocycles. The molecule has 0 nitrogen and oxygen atoms in total. The average Bonchev–Trinajstić information content (AvgIpc) is 2.67. The highest BCUT2D eigenvalue weighted by molar-refractivity contribution is 7.79. The van der Waals surface area contributed by atoms with E-state index in [1.165, 1.54) is 15.9 Å². The molecule has 0 spiro atoms. The Hall–Kier alpha value is -2.17. The van der Waals surface area contributed by atoms with Crippen LogP contribution in [0.25, 0.3) is 0 Å². The molecular formula is C23H27P. The largest absolute Gasteiger partial charge is 0.103 e. The maximum atomic E-state index is 3.36. The summed E-state index contributed by atoms with van der Waals surface area (Å²) in [6, 6.07) is 32.3. The molecule has 0 atom stereocenters. The summed E-state index contributed by atoms with van der Waals surface area (Å²) in [4.78, 5) is 0. The van der Waals surface area contributed by atoms with Gasteiger partial charge in [0, 0.05) is 0 Å². The van der Waals surface area contributed by atoms with E-state index in [0.717, 1.165) is 0 Å². The molecule has 0 aliphatic carbocycles. The maximum absolute atomic E-state index is 3.36. The number of benzene rings is 3. The minimum absolute atomic E-state index is 0.446. The first-order valence-corrected chi connectivity index (χ1v) is 9.73. The monoisotopic (exact) mass is 334 g/mol. The normalized spacial score (nSPS) is 9.17. The zero-order valence-electron chi connectivity index (χ0n) is 14.9. The molecule has 3 aromatic carbocycles. The van der Waals surface area contributed by atoms with E-state index in [2.05, 4.69) is 97.6 Å². The van der Waals surface area contributed by atoms with Crippen LogP contribution in [0.5, 0.6) is 0 Å². The molecule has 0 amide bonds. The molecule has 0 aliphatic rings. The summed E-state index contributed by atoms with van der Waals surface area (Å²) in [5, 5.41) is 4.19. The molecule has 0 fully saturated rings. The van der Waals surface area contributed by atoms with Crippen LogP contribution >= 0.6 is 7.92 Å². The summed E-state index contributed by atoms with van der Waals surface area (Å²) >= 11 is 0. The summed E-state index contributed by atoms with van der Waals surface area (Å²) in [6.45, 7) is 9.25. The van der Waals surface area contributed by atoms with Crippen LogP contribution < -0.4 is 15.9 Å². The third kappa shape index (κ3) is 6.14. The van der Waals surface area contributed by atoms with Crippen molar-refractivity contribution in [3.05, 3.63) is 104 Å². The van der Waals surface area contributed by atoms with Gasteiger partial charge in [0.2, 0.25) is 0 Å². The summed E-state index contributed by atoms with van der Waals surface area (Å²) in [5.74, 6) is 0. The predicted molar refractivity (Wildman–Crippen MR) is 112 cm³/mol. The highest BCUT2D eigenvalue weighted by Crippen LogP contribution is 2.32. The van der Waals surface area contributed by atoms with Gasteiger partial charge in [-0.2, -0.15) is 0 Å². The Morgan fingerprint density at radius 3 is 1.00 bits per heavy atom. The molecule has 0 saturated heterocycles. The summed E-state index contributed by atoms with van der Waals surface area (Å²) in [6.07, 6.45) is 1.75. The van der Waals surface area contributed by atoms with Crippen molar-refractivity contribution in [1.82, 2.24) is 0 Å². The lowest BCUT2D eigenvalue weighted by molar-refractivity contribution is 1.50. The molecule has 1 heteroatoms. The molecule has 0 aromatic heterocycles. The van der Waals surface area contributed by atoms with E-state index in [1.54, 1.807) is 6.08 Å². The SMILES string of the molecule is C=CC.CC.c1ccc(P(c2ccccc2)c2ccccc2)cc1. The molecule has 3 rings (SSSR count). The molecule has 0 saturated carbocycles. The van der Waals surface area contributed by atoms with E-state index in [0.29, 0.717) is 0 Å². The third-order valence-corrected chi connectivity index (χ3v) is 5.49. The average molecular weight is 334 g/mol. The minimum Gasteiger partial charge on any atom is -0.103 e. The molecule has 124 valence electrons. The van der Waals surface area contributed by atoms with Crippen molar-refractivity contribution in [3.63, 3.8) is 0 Å². The maximum Gasteiger partial charge on any atom is -0.0134 e. The second kappa shape index (κ2) is 12.3. The number of rotatable bonds is 3. The smallest absolute Gasteiger partial charge is 0.0134 e. The fourth-order valence-electron chi connectivity index (χ4n) is 2.18. The number of hydrogen-bond acceptors (Lipinski definition) is 0. The van der Waals surface area contributed by atoms with Gasteiger partial charge in [-0.3, -0.25) is 0 Å². The van der Waals surface area contributed by atoms with Crippen LogP contribution in [0.4, 0.5) is 0 Å². The Balaban J connectivity index is 0.000000521. The van der Waals surface area contributed by atoms with Gasteiger partial charge in [-0.1, -0.05) is 111 Å². The first kappa shape index (κ1) is 19.9. The predicted octanol–water partition coefficient (Wildman–Crippen LogP) is 5.66. The Morgan fingerprint density at radius 2 is 0.792 bits per heavy atom. The molecule has 0 unspecified atom stereocenters. The second-order valence-electron chi connectivity index (χ2n) is 4.75. The Labute approximate surface area is 148 Å². The Morgan fingerprint density at radius 1 is 0.583 bits per heavy atom. The van der Waals surface area contributed by atoms with E-state index in [-0.39, 0.29) is 0 Å². The Kier molecular flexibility index (Phi) is 10.2. The lowest BCUT2D eigenvalue weighted by Gasteiger charge is -2.18. The third-order valence-electron chi connectivity index (χ3n) is 3.04. The van der Waals surface area contributed by atoms with Gasteiger partial charge in [0.15, 0.2) is 0 Å². The van der Waals surface area contributed by atoms with Crippen LogP contribution in [-0.2, 0) is 0 Å². The highest BCUT2D eigenvalue weighted by Gasteiger charge is 2.14. The fraction of sp³-hybridized carbons (Fsp3) is 0.130. The number of allylic oxidation sites excluding steroid dienone is 1. The van der Waals surface area contributed by atoms with Crippen LogP contribution in [0.3, 0.4) is 0 Å². The highest BCUT2D eigenvalue weighted by atomic mass is 31.1. The van der Waals surface area contributed by atoms with Crippen LogP contribution in [-0.4, -0.2) is 0 Å². The zero-order chi connectivity index (χ0) is 17.6. The molecule has 0 radical (unpaired) electrons. The molecule has 24 heavy (non-hydrogen) atoms. The number of hydrogen-bond donors (Lipinski definition) is 0. The zero-order valence-corrected chi connectivity index (χ0v) is 15.8. The van der Waals surface area contributed by atoms with Gasteiger partial charge in [-0.05, 0) is 30.8 Å². The second-order valence-corrected chi connectivity index (χ2v) is 6.97. The van der Waals surface area contributed by atoms with Crippen molar-refractivity contribution in [1.29, 1.82) is 0 Å². The van der Waals surface area contributed by atoms with E-state index in [4.69, 9.17) is 0 Å². The van der Waals surface area contributed by atoms with Crippen molar-refractivity contribution < 1.29 is 0 Å². The van der Waals surface area contributed by atoms with Crippen LogP contribution in [0.1, 0.15) is 20.8 Å². The van der Waals surface area contributed by atoms with Gasteiger partial charge in [-0.25, -0.2) is 0 Å². The van der Waals surface area contributed by atoms with Crippen molar-refractivity contribution in [3.8, 4) is 0 Å². The van der Waals surface area contributed by atoms with Crippen LogP contribution in [0.15, 0.2) is 104 Å². The van der Waals surface area contributed by atoms with Gasteiger partial charge >= 0.3 is 0 Å². The van der Waals surface area contributed by atoms with Crippen LogP contribution in [0.2, 0.25) is 0 Å². The van der Waals surface area contributed by atoms with Gasteiger partial charge in [-0.15, -0.1) is 6.58 Å². The van der Waals surface area contributed by atoms with Crippen LogP contribution in [0, 0.1) is 0 Å². The van der Waals surface area contributed by atoms with E-state index in [9.17, 15) is 0 Å². The van der Waals surface area contributed by atoms with E-state index >= 15 is 0 Å². The van der Waals surface area contributed by atoms with Crippen molar-refractivity contribution in [2.75, 3.05) is 0 Å². The van der Waals surface area contributed by atoms with Crippen molar-refractivity contribution >= 4 is 23.8 Å². The van der Waals surface area contributed by atoms with Crippen molar-refractivity contribution in [2.24, 2.45) is 0 Å². The summed E-state index contributed by atoms with van der Waals surface area (Å²) in [5.41, 5.74) is 0. The summed E-state index contributed by atoms with van der Waals surface area (Å²) < 4.78 is 0. The van der Waals surface area contributed by atoms with E-state index < -0.39 is 7.92 Å². The van der Waals surface area contributed by atoms with Gasteiger partial charge in [0.05, 0.1) is 0 Å². The minimum atomic E-state index is -0.446. The lowest BCUT2D eigenvalue weighted by atomic mass is 10.4. The first-order chi connectivity index (χ1) is 11.9. The standard InChI is InChI=1S/C18H15P.C3H6.C2H6/c1-4-10-16(11-5-1)19(17-12-6-2-7-13-17)18-14-8-3-9-15-18;1-3-2;1-2/h1-15H;3H,1H2,2H3;1-2H3. The molecule has 3 aromatic rings. The van der Waals surface area contributed by atoms with Gasteiger partial charge in [0.1, 0.15) is 0 Å². The molecule has 0 bridgehead atoms. The molecule has 0 N–H and O–H groups in total. The topological polar surface area (TPSA) is 0 Å². The van der Waals surface area contributed by atoms with Gasteiger partial charge in [0.25, 0.3) is 0 Å². The van der Waals surface area contributed by atoms with Crippen molar-refractivity contribution in [2.45, 2.75) is 20.8 Å². The fourth-order valence-corrected chi connectivity index (χ4v) is 4.48. The molecule has 0 aliphatic heterocycles. The van der Waals surface area contributed by atoms with E-state index in [1.807, 2.05) is 20.8 Å². The molecular weight excluding hydrogens is 307 g/mol. The summed E-state index contributed by atoms with van der Waals surface area (Å²) in [7, 11) is -0.446. The first-order valence-electron chi connectivity index (χ1n) is 8.39. The quantitative estimate of drug-likeness (QED) is 0.428.